The van der Waals surface area contributed by atoms with Gasteiger partial charge in [-0.2, -0.15) is 0 Å². The van der Waals surface area contributed by atoms with E-state index in [2.05, 4.69) is 71.0 Å². The van der Waals surface area contributed by atoms with Crippen molar-refractivity contribution in [3.63, 3.8) is 0 Å². The Morgan fingerprint density at radius 2 is 2.00 bits per heavy atom. The quantitative estimate of drug-likeness (QED) is 0.117. The number of hydrogen-bond acceptors (Lipinski definition) is 4. The van der Waals surface area contributed by atoms with Crippen molar-refractivity contribution in [3.8, 4) is 12.3 Å². The van der Waals surface area contributed by atoms with Crippen molar-refractivity contribution in [2.45, 2.75) is 67.0 Å². The number of aliphatic imine (C=N–C) groups is 1. The van der Waals surface area contributed by atoms with Crippen LogP contribution in [-0.2, 0) is 17.8 Å². The van der Waals surface area contributed by atoms with Crippen LogP contribution in [0.3, 0.4) is 0 Å². The molecule has 0 aliphatic rings. The Hall–Kier alpha value is -3.46. The van der Waals surface area contributed by atoms with Crippen molar-refractivity contribution < 1.29 is 4.74 Å². The van der Waals surface area contributed by atoms with Crippen LogP contribution in [-0.4, -0.2) is 22.0 Å². The first-order valence-corrected chi connectivity index (χ1v) is 12.2. The maximum atomic E-state index is 6.06. The summed E-state index contributed by atoms with van der Waals surface area (Å²) < 4.78 is 7.97. The Morgan fingerprint density at radius 3 is 2.66 bits per heavy atom. The molecule has 1 aromatic carbocycles. The lowest BCUT2D eigenvalue weighted by atomic mass is 9.91. The first-order chi connectivity index (χ1) is 16.6. The third-order valence-electron chi connectivity index (χ3n) is 5.91. The molecule has 0 saturated carbocycles. The number of imidazole rings is 1. The Labute approximate surface area is 211 Å². The van der Waals surface area contributed by atoms with Gasteiger partial charge in [-0.15, -0.1) is 6.42 Å². The van der Waals surface area contributed by atoms with Gasteiger partial charge in [0.15, 0.2) is 5.88 Å². The summed E-state index contributed by atoms with van der Waals surface area (Å²) in [6.07, 6.45) is 10.4. The van der Waals surface area contributed by atoms with Crippen LogP contribution in [0.1, 0.15) is 59.4 Å². The molecule has 0 spiro atoms. The van der Waals surface area contributed by atoms with E-state index in [1.54, 1.807) is 0 Å². The zero-order valence-electron chi connectivity index (χ0n) is 22.0. The highest BCUT2D eigenvalue weighted by atomic mass is 16.5. The van der Waals surface area contributed by atoms with Crippen molar-refractivity contribution >= 4 is 16.9 Å². The number of allylic oxidation sites excluding steroid dienone is 2. The van der Waals surface area contributed by atoms with Gasteiger partial charge in [-0.05, 0) is 75.8 Å². The summed E-state index contributed by atoms with van der Waals surface area (Å²) in [6.45, 7) is 20.2. The number of nitrogens with two attached hydrogens (primary N) is 1. The van der Waals surface area contributed by atoms with E-state index in [-0.39, 0.29) is 5.92 Å². The molecule has 6 heteroatoms. The Kier molecular flexibility index (Phi) is 10.7. The average molecular weight is 476 g/mol. The van der Waals surface area contributed by atoms with Crippen LogP contribution in [0, 0.1) is 24.2 Å². The fourth-order valence-corrected chi connectivity index (χ4v) is 3.83. The van der Waals surface area contributed by atoms with Gasteiger partial charge < -0.3 is 20.4 Å². The summed E-state index contributed by atoms with van der Waals surface area (Å²) in [5.74, 6) is 4.53. The van der Waals surface area contributed by atoms with Crippen LogP contribution in [0.5, 0.6) is 0 Å². The third-order valence-corrected chi connectivity index (χ3v) is 5.91. The van der Waals surface area contributed by atoms with Gasteiger partial charge in [0.05, 0.1) is 24.0 Å². The zero-order valence-corrected chi connectivity index (χ0v) is 22.0. The SMILES string of the molecule is C#CC(CCCCOC(=C)NCc1ccc2c(c1)ncn2CC(C)C)/C(C)=C(\C)C(N)=NC(=C)C. The number of nitrogens with zero attached hydrogens (tertiary/aromatic N) is 3. The van der Waals surface area contributed by atoms with E-state index in [9.17, 15) is 0 Å². The molecule has 0 bridgehead atoms. The molecule has 35 heavy (non-hydrogen) atoms. The number of unbranched alkanes of at least 4 members (excludes halogenated alkanes) is 1. The number of aromatic nitrogens is 2. The molecule has 0 saturated heterocycles. The molecule has 0 aliphatic heterocycles. The summed E-state index contributed by atoms with van der Waals surface area (Å²) >= 11 is 0. The second-order valence-electron chi connectivity index (χ2n) is 9.49. The van der Waals surface area contributed by atoms with Crippen molar-refractivity contribution in [1.29, 1.82) is 0 Å². The van der Waals surface area contributed by atoms with Gasteiger partial charge in [0.25, 0.3) is 0 Å². The minimum atomic E-state index is 0.0223. The van der Waals surface area contributed by atoms with E-state index >= 15 is 0 Å². The highest BCUT2D eigenvalue weighted by Gasteiger charge is 2.12. The fourth-order valence-electron chi connectivity index (χ4n) is 3.83. The number of rotatable bonds is 14. The molecule has 2 aromatic rings. The smallest absolute Gasteiger partial charge is 0.179 e. The van der Waals surface area contributed by atoms with Gasteiger partial charge in [-0.3, -0.25) is 0 Å². The molecule has 1 aromatic heterocycles. The van der Waals surface area contributed by atoms with E-state index in [0.29, 0.717) is 36.5 Å². The van der Waals surface area contributed by atoms with Crippen molar-refractivity contribution in [2.75, 3.05) is 6.61 Å². The summed E-state index contributed by atoms with van der Waals surface area (Å²) in [7, 11) is 0. The molecule has 1 atom stereocenters. The lowest BCUT2D eigenvalue weighted by Gasteiger charge is -2.16. The molecule has 0 radical (unpaired) electrons. The first-order valence-electron chi connectivity index (χ1n) is 12.2. The van der Waals surface area contributed by atoms with Crippen LogP contribution in [0.25, 0.3) is 11.0 Å². The molecule has 1 unspecified atom stereocenters. The third kappa shape index (κ3) is 8.68. The standard InChI is InChI=1S/C29H41N5O/c1-9-26(22(6)23(7)29(30)33-21(4)5)12-10-11-15-35-24(8)31-17-25-13-14-28-27(16-25)32-19-34(28)18-20(2)3/h1,13-14,16,19-20,26,31H,4,8,10-12,15,17-18H2,2-3,5-7H3,(H2,30,33)/b23-22+. The van der Waals surface area contributed by atoms with E-state index in [1.165, 1.54) is 0 Å². The van der Waals surface area contributed by atoms with Gasteiger partial charge in [0, 0.05) is 24.7 Å². The van der Waals surface area contributed by atoms with E-state index < -0.39 is 0 Å². The Morgan fingerprint density at radius 1 is 1.26 bits per heavy atom. The zero-order chi connectivity index (χ0) is 26.0. The summed E-state index contributed by atoms with van der Waals surface area (Å²) in [4.78, 5) is 8.78. The normalized spacial score (nSPS) is 13.3. The van der Waals surface area contributed by atoms with Crippen LogP contribution < -0.4 is 11.1 Å². The Balaban J connectivity index is 1.75. The van der Waals surface area contributed by atoms with Crippen molar-refractivity contribution in [3.05, 3.63) is 66.0 Å². The van der Waals surface area contributed by atoms with Gasteiger partial charge in [-0.25, -0.2) is 9.98 Å². The lowest BCUT2D eigenvalue weighted by molar-refractivity contribution is 0.185. The number of nitrogens with one attached hydrogen (secondary N) is 1. The van der Waals surface area contributed by atoms with E-state index in [4.69, 9.17) is 16.9 Å². The van der Waals surface area contributed by atoms with Gasteiger partial charge >= 0.3 is 0 Å². The number of ether oxygens (including phenoxy) is 1. The summed E-state index contributed by atoms with van der Waals surface area (Å²) in [5, 5.41) is 3.25. The maximum absolute atomic E-state index is 6.06. The maximum Gasteiger partial charge on any atom is 0.179 e. The minimum Gasteiger partial charge on any atom is -0.480 e. The van der Waals surface area contributed by atoms with E-state index in [1.807, 2.05) is 27.1 Å². The minimum absolute atomic E-state index is 0.0223. The highest BCUT2D eigenvalue weighted by molar-refractivity contribution is 5.97. The molecular weight excluding hydrogens is 434 g/mol. The predicted octanol–water partition coefficient (Wildman–Crippen LogP) is 5.92. The Bertz CT molecular complexity index is 1130. The largest absolute Gasteiger partial charge is 0.480 e. The van der Waals surface area contributed by atoms with Crippen LogP contribution >= 0.6 is 0 Å². The second kappa shape index (κ2) is 13.4. The number of fused-ring (bicyclic) bond motifs is 1. The van der Waals surface area contributed by atoms with Crippen molar-refractivity contribution in [2.24, 2.45) is 22.6 Å². The average Bonchev–Trinajstić information content (AvgIpc) is 3.19. The molecule has 2 rings (SSSR count). The predicted molar refractivity (Wildman–Crippen MR) is 147 cm³/mol. The van der Waals surface area contributed by atoms with E-state index in [0.717, 1.165) is 53.6 Å². The fraction of sp³-hybridized carbons (Fsp3) is 0.448. The molecule has 0 aliphatic carbocycles. The summed E-state index contributed by atoms with van der Waals surface area (Å²) in [6, 6.07) is 6.36. The van der Waals surface area contributed by atoms with Crippen LogP contribution in [0.15, 0.2) is 65.4 Å². The van der Waals surface area contributed by atoms with Gasteiger partial charge in [0.2, 0.25) is 0 Å². The number of amidine groups is 1. The highest BCUT2D eigenvalue weighted by Crippen LogP contribution is 2.21. The molecular formula is C29H41N5O. The monoisotopic (exact) mass is 475 g/mol. The van der Waals surface area contributed by atoms with Gasteiger partial charge in [-0.1, -0.05) is 38.0 Å². The molecule has 0 amide bonds. The molecule has 1 heterocycles. The molecule has 188 valence electrons. The summed E-state index contributed by atoms with van der Waals surface area (Å²) in [5.41, 5.74) is 12.0. The van der Waals surface area contributed by atoms with Gasteiger partial charge in [0.1, 0.15) is 5.84 Å². The lowest BCUT2D eigenvalue weighted by Crippen LogP contribution is -2.17. The molecule has 3 N–H and O–H groups in total. The van der Waals surface area contributed by atoms with Crippen molar-refractivity contribution in [1.82, 2.24) is 14.9 Å². The molecule has 6 nitrogen and oxygen atoms in total. The number of hydrogen-bond donors (Lipinski definition) is 2. The molecule has 0 fully saturated rings. The van der Waals surface area contributed by atoms with Crippen LogP contribution in [0.4, 0.5) is 0 Å². The number of terminal acetylenes is 1. The first kappa shape index (κ1) is 27.8. The van der Waals surface area contributed by atoms with Crippen LogP contribution in [0.2, 0.25) is 0 Å². The number of benzene rings is 1. The second-order valence-corrected chi connectivity index (χ2v) is 9.49. The topological polar surface area (TPSA) is 77.5 Å².